The first-order valence-corrected chi connectivity index (χ1v) is 9.42. The van der Waals surface area contributed by atoms with E-state index in [0.29, 0.717) is 17.0 Å². The molecular weight excluding hydrogens is 396 g/mol. The first-order chi connectivity index (χ1) is 15.1. The predicted molar refractivity (Wildman–Crippen MR) is 116 cm³/mol. The Kier molecular flexibility index (Phi) is 5.70. The first kappa shape index (κ1) is 19.8. The number of rotatable bonds is 7. The van der Waals surface area contributed by atoms with Crippen LogP contribution in [0.2, 0.25) is 0 Å². The van der Waals surface area contributed by atoms with Gasteiger partial charge in [0.15, 0.2) is 6.61 Å². The summed E-state index contributed by atoms with van der Waals surface area (Å²) in [5, 5.41) is 21.8. The lowest BCUT2D eigenvalue weighted by Gasteiger charge is -2.06. The van der Waals surface area contributed by atoms with Gasteiger partial charge in [0, 0.05) is 11.1 Å². The number of para-hydroxylation sites is 1. The fraction of sp³-hybridized carbons (Fsp3) is 0.0435. The van der Waals surface area contributed by atoms with Gasteiger partial charge >= 0.3 is 5.97 Å². The molecule has 4 rings (SSSR count). The molecule has 3 N–H and O–H groups in total. The van der Waals surface area contributed by atoms with Crippen molar-refractivity contribution < 1.29 is 19.4 Å². The van der Waals surface area contributed by atoms with Crippen molar-refractivity contribution in [3.05, 3.63) is 84.1 Å². The van der Waals surface area contributed by atoms with Gasteiger partial charge in [-0.2, -0.15) is 10.2 Å². The molecule has 8 heteroatoms. The standard InChI is InChI=1S/C23H18N4O4/c28-22(29)14-31-21-8-4-3-7-18(21)13-24-27-23(30)20-12-19(25-26-20)17-10-9-15-5-1-2-6-16(15)11-17/h1-13H,14H2,(H,25,26)(H,27,30)(H,28,29). The molecule has 4 aromatic rings. The van der Waals surface area contributed by atoms with Gasteiger partial charge in [-0.25, -0.2) is 10.2 Å². The van der Waals surface area contributed by atoms with Crippen molar-refractivity contribution in [3.8, 4) is 17.0 Å². The Hall–Kier alpha value is -4.46. The molecule has 0 bridgehead atoms. The third kappa shape index (κ3) is 4.76. The summed E-state index contributed by atoms with van der Waals surface area (Å²) < 4.78 is 5.20. The first-order valence-electron chi connectivity index (χ1n) is 9.42. The van der Waals surface area contributed by atoms with Crippen LogP contribution in [-0.2, 0) is 4.79 Å². The van der Waals surface area contributed by atoms with E-state index in [2.05, 4.69) is 20.7 Å². The van der Waals surface area contributed by atoms with Crippen molar-refractivity contribution in [1.29, 1.82) is 0 Å². The molecule has 1 aromatic heterocycles. The predicted octanol–water partition coefficient (Wildman–Crippen LogP) is 3.46. The Morgan fingerprint density at radius 2 is 1.81 bits per heavy atom. The normalized spacial score (nSPS) is 11.0. The molecule has 0 aliphatic carbocycles. The molecule has 0 spiro atoms. The minimum atomic E-state index is -1.08. The highest BCUT2D eigenvalue weighted by Crippen LogP contribution is 2.23. The maximum Gasteiger partial charge on any atom is 0.341 e. The Balaban J connectivity index is 1.44. The summed E-state index contributed by atoms with van der Waals surface area (Å²) in [5.74, 6) is -1.19. The molecule has 0 fully saturated rings. The monoisotopic (exact) mass is 414 g/mol. The molecule has 0 atom stereocenters. The van der Waals surface area contributed by atoms with Crippen LogP contribution < -0.4 is 10.2 Å². The molecule has 0 saturated heterocycles. The molecule has 3 aromatic carbocycles. The van der Waals surface area contributed by atoms with Gasteiger partial charge in [-0.05, 0) is 35.0 Å². The van der Waals surface area contributed by atoms with Crippen molar-refractivity contribution in [1.82, 2.24) is 15.6 Å². The van der Waals surface area contributed by atoms with Crippen LogP contribution >= 0.6 is 0 Å². The third-order valence-corrected chi connectivity index (χ3v) is 4.51. The maximum absolute atomic E-state index is 12.4. The molecule has 1 heterocycles. The Labute approximate surface area is 177 Å². The van der Waals surface area contributed by atoms with Crippen LogP contribution in [-0.4, -0.2) is 40.0 Å². The second-order valence-electron chi connectivity index (χ2n) is 6.65. The number of carboxylic acids is 1. The third-order valence-electron chi connectivity index (χ3n) is 4.51. The van der Waals surface area contributed by atoms with E-state index < -0.39 is 18.5 Å². The highest BCUT2D eigenvalue weighted by atomic mass is 16.5. The highest BCUT2D eigenvalue weighted by Gasteiger charge is 2.11. The van der Waals surface area contributed by atoms with Crippen LogP contribution in [0.5, 0.6) is 5.75 Å². The molecule has 0 radical (unpaired) electrons. The summed E-state index contributed by atoms with van der Waals surface area (Å²) in [7, 11) is 0. The van der Waals surface area contributed by atoms with Gasteiger partial charge in [-0.15, -0.1) is 0 Å². The minimum Gasteiger partial charge on any atom is -0.481 e. The Morgan fingerprint density at radius 1 is 1.03 bits per heavy atom. The molecule has 154 valence electrons. The summed E-state index contributed by atoms with van der Waals surface area (Å²) in [4.78, 5) is 23.1. The van der Waals surface area contributed by atoms with Crippen molar-refractivity contribution >= 4 is 28.9 Å². The lowest BCUT2D eigenvalue weighted by molar-refractivity contribution is -0.139. The summed E-state index contributed by atoms with van der Waals surface area (Å²) in [6.45, 7) is -0.469. The summed E-state index contributed by atoms with van der Waals surface area (Å²) in [6.07, 6.45) is 1.38. The number of amides is 1. The number of hydrazone groups is 1. The van der Waals surface area contributed by atoms with Crippen molar-refractivity contribution in [3.63, 3.8) is 0 Å². The Morgan fingerprint density at radius 3 is 2.65 bits per heavy atom. The molecule has 0 aliphatic rings. The highest BCUT2D eigenvalue weighted by molar-refractivity contribution is 5.95. The smallest absolute Gasteiger partial charge is 0.341 e. The molecule has 31 heavy (non-hydrogen) atoms. The summed E-state index contributed by atoms with van der Waals surface area (Å²) in [5.41, 5.74) is 4.75. The number of aliphatic carboxylic acids is 1. The number of H-pyrrole nitrogens is 1. The zero-order chi connectivity index (χ0) is 21.6. The van der Waals surface area contributed by atoms with Crippen LogP contribution in [0.4, 0.5) is 0 Å². The van der Waals surface area contributed by atoms with E-state index in [-0.39, 0.29) is 5.69 Å². The van der Waals surface area contributed by atoms with Gasteiger partial charge < -0.3 is 9.84 Å². The number of carbonyl (C=O) groups is 2. The lowest BCUT2D eigenvalue weighted by Crippen LogP contribution is -2.18. The van der Waals surface area contributed by atoms with Gasteiger partial charge in [-0.3, -0.25) is 9.89 Å². The number of aromatic amines is 1. The average Bonchev–Trinajstić information content (AvgIpc) is 3.28. The zero-order valence-electron chi connectivity index (χ0n) is 16.3. The van der Waals surface area contributed by atoms with Crippen LogP contribution in [0.15, 0.2) is 77.9 Å². The molecule has 0 aliphatic heterocycles. The van der Waals surface area contributed by atoms with E-state index in [1.54, 1.807) is 30.3 Å². The summed E-state index contributed by atoms with van der Waals surface area (Å²) in [6, 6.07) is 22.4. The quantitative estimate of drug-likeness (QED) is 0.316. The zero-order valence-corrected chi connectivity index (χ0v) is 16.3. The van der Waals surface area contributed by atoms with Crippen molar-refractivity contribution in [2.24, 2.45) is 5.10 Å². The van der Waals surface area contributed by atoms with E-state index in [1.165, 1.54) is 6.21 Å². The van der Waals surface area contributed by atoms with Gasteiger partial charge in [0.25, 0.3) is 5.91 Å². The number of aromatic nitrogens is 2. The van der Waals surface area contributed by atoms with Gasteiger partial charge in [0.2, 0.25) is 0 Å². The van der Waals surface area contributed by atoms with Crippen LogP contribution in [0.1, 0.15) is 16.1 Å². The second kappa shape index (κ2) is 8.91. The van der Waals surface area contributed by atoms with Gasteiger partial charge in [0.1, 0.15) is 11.4 Å². The number of carboxylic acid groups (broad SMARTS) is 1. The number of nitrogens with one attached hydrogen (secondary N) is 2. The minimum absolute atomic E-state index is 0.260. The molecule has 8 nitrogen and oxygen atoms in total. The number of ether oxygens (including phenoxy) is 1. The van der Waals surface area contributed by atoms with Crippen molar-refractivity contribution in [2.45, 2.75) is 0 Å². The van der Waals surface area contributed by atoms with Crippen LogP contribution in [0, 0.1) is 0 Å². The van der Waals surface area contributed by atoms with Gasteiger partial charge in [0.05, 0.1) is 11.9 Å². The lowest BCUT2D eigenvalue weighted by atomic mass is 10.1. The summed E-state index contributed by atoms with van der Waals surface area (Å²) >= 11 is 0. The van der Waals surface area contributed by atoms with Crippen molar-refractivity contribution in [2.75, 3.05) is 6.61 Å². The second-order valence-corrected chi connectivity index (χ2v) is 6.65. The number of hydrogen-bond donors (Lipinski definition) is 3. The van der Waals surface area contributed by atoms with Crippen LogP contribution in [0.25, 0.3) is 22.0 Å². The number of carbonyl (C=O) groups excluding carboxylic acids is 1. The van der Waals surface area contributed by atoms with E-state index in [4.69, 9.17) is 9.84 Å². The number of hydrogen-bond acceptors (Lipinski definition) is 5. The SMILES string of the molecule is O=C(O)COc1ccccc1C=NNC(=O)c1cc(-c2ccc3ccccc3c2)n[nH]1. The molecular formula is C23H18N4O4. The molecule has 0 unspecified atom stereocenters. The van der Waals surface area contributed by atoms with E-state index >= 15 is 0 Å². The fourth-order valence-corrected chi connectivity index (χ4v) is 3.01. The van der Waals surface area contributed by atoms with Gasteiger partial charge in [-0.1, -0.05) is 48.5 Å². The number of nitrogens with zero attached hydrogens (tertiary/aromatic N) is 2. The largest absolute Gasteiger partial charge is 0.481 e. The van der Waals surface area contributed by atoms with E-state index in [1.807, 2.05) is 42.5 Å². The molecule has 1 amide bonds. The molecule has 0 saturated carbocycles. The van der Waals surface area contributed by atoms with E-state index in [0.717, 1.165) is 16.3 Å². The maximum atomic E-state index is 12.4. The fourth-order valence-electron chi connectivity index (χ4n) is 3.01. The number of fused-ring (bicyclic) bond motifs is 1. The number of benzene rings is 3. The van der Waals surface area contributed by atoms with Crippen LogP contribution in [0.3, 0.4) is 0 Å². The Bertz CT molecular complexity index is 1280. The topological polar surface area (TPSA) is 117 Å². The average molecular weight is 414 g/mol. The van der Waals surface area contributed by atoms with E-state index in [9.17, 15) is 9.59 Å².